The molecule has 1 saturated heterocycles. The summed E-state index contributed by atoms with van der Waals surface area (Å²) in [6, 6.07) is 15.5. The summed E-state index contributed by atoms with van der Waals surface area (Å²) in [7, 11) is 3.17. The van der Waals surface area contributed by atoms with Crippen LogP contribution in [0.2, 0.25) is 0 Å². The van der Waals surface area contributed by atoms with Crippen molar-refractivity contribution in [2.75, 3.05) is 33.7 Å². The maximum absolute atomic E-state index is 14.8. The van der Waals surface area contributed by atoms with E-state index in [1.807, 2.05) is 43.3 Å². The third-order valence-electron chi connectivity index (χ3n) is 14.8. The van der Waals surface area contributed by atoms with Crippen LogP contribution in [0.1, 0.15) is 151 Å². The van der Waals surface area contributed by atoms with Crippen molar-refractivity contribution in [1.82, 2.24) is 46.5 Å². The Hall–Kier alpha value is -7.52. The number of hydrogen-bond acceptors (Lipinski definition) is 13. The molecule has 1 saturated carbocycles. The van der Waals surface area contributed by atoms with Crippen LogP contribution in [-0.2, 0) is 25.6 Å². The number of fused-ring (bicyclic) bond motifs is 1. The van der Waals surface area contributed by atoms with Crippen LogP contribution in [0.25, 0.3) is 21.8 Å². The number of benzene rings is 3. The summed E-state index contributed by atoms with van der Waals surface area (Å²) >= 11 is 1.50. The fourth-order valence-corrected chi connectivity index (χ4v) is 10.8. The van der Waals surface area contributed by atoms with Crippen LogP contribution in [0.5, 0.6) is 5.75 Å². The molecule has 5 atom stereocenters. The number of nitrogens with zero attached hydrogens (tertiary/aromatic N) is 4. The topological polar surface area (TPSA) is 266 Å². The van der Waals surface area contributed by atoms with Crippen molar-refractivity contribution in [2.24, 2.45) is 5.41 Å². The van der Waals surface area contributed by atoms with Gasteiger partial charge >= 0.3 is 0 Å². The molecule has 19 nitrogen and oxygen atoms in total. The minimum Gasteiger partial charge on any atom is -0.507 e. The Kier molecular flexibility index (Phi) is 18.0. The number of unbranched alkanes of at least 4 members (excludes halogenated alkanes) is 4. The lowest BCUT2D eigenvalue weighted by Gasteiger charge is -2.36. The van der Waals surface area contributed by atoms with Gasteiger partial charge < -0.3 is 51.1 Å². The summed E-state index contributed by atoms with van der Waals surface area (Å²) in [4.78, 5) is 101. The van der Waals surface area contributed by atoms with E-state index < -0.39 is 58.9 Å². The van der Waals surface area contributed by atoms with Crippen molar-refractivity contribution in [3.05, 3.63) is 111 Å². The van der Waals surface area contributed by atoms with E-state index in [1.54, 1.807) is 52.5 Å². The van der Waals surface area contributed by atoms with E-state index in [9.17, 15) is 48.2 Å². The van der Waals surface area contributed by atoms with Crippen LogP contribution >= 0.6 is 11.3 Å². The van der Waals surface area contributed by atoms with Crippen LogP contribution in [0.15, 0.2) is 76.8 Å². The van der Waals surface area contributed by atoms with Crippen molar-refractivity contribution in [3.8, 4) is 27.5 Å². The number of phenols is 1. The fourth-order valence-electron chi connectivity index (χ4n) is 10.0. The first-order valence-corrected chi connectivity index (χ1v) is 27.8. The van der Waals surface area contributed by atoms with Gasteiger partial charge in [-0.1, -0.05) is 81.6 Å². The number of aliphatic hydroxyl groups is 1. The molecule has 0 radical (unpaired) electrons. The molecule has 7 amide bonds. The van der Waals surface area contributed by atoms with Crippen LogP contribution in [0.3, 0.4) is 0 Å². The normalized spacial score (nSPS) is 18.0. The zero-order valence-electron chi connectivity index (χ0n) is 45.4. The molecule has 21 heteroatoms. The number of hydrogen-bond donors (Lipinski definition) is 7. The molecule has 3 heterocycles. The number of rotatable bonds is 22. The van der Waals surface area contributed by atoms with Gasteiger partial charge in [-0.2, -0.15) is 0 Å². The van der Waals surface area contributed by atoms with Gasteiger partial charge in [0.25, 0.3) is 23.6 Å². The number of thiazole rings is 1. The van der Waals surface area contributed by atoms with Crippen LogP contribution in [0, 0.1) is 12.3 Å². The van der Waals surface area contributed by atoms with Gasteiger partial charge in [0.05, 0.1) is 46.3 Å². The lowest BCUT2D eigenvalue weighted by molar-refractivity contribution is -0.145. The highest BCUT2D eigenvalue weighted by Gasteiger charge is 2.53. The molecule has 1 aliphatic heterocycles. The summed E-state index contributed by atoms with van der Waals surface area (Å²) in [6.45, 7) is 7.83. The quantitative estimate of drug-likeness (QED) is 0.0360. The molecule has 2 aromatic heterocycles. The Bertz CT molecular complexity index is 3080. The Morgan fingerprint density at radius 1 is 0.886 bits per heavy atom. The van der Waals surface area contributed by atoms with Gasteiger partial charge in [-0.3, -0.25) is 33.6 Å². The zero-order valence-corrected chi connectivity index (χ0v) is 46.3. The van der Waals surface area contributed by atoms with E-state index in [-0.39, 0.29) is 78.8 Å². The largest absolute Gasteiger partial charge is 0.507 e. The second-order valence-corrected chi connectivity index (χ2v) is 23.0. The number of aromatic hydroxyl groups is 1. The zero-order chi connectivity index (χ0) is 56.8. The number of amides is 7. The Morgan fingerprint density at radius 3 is 2.24 bits per heavy atom. The Morgan fingerprint density at radius 2 is 1.58 bits per heavy atom. The van der Waals surface area contributed by atoms with Gasteiger partial charge in [-0.15, -0.1) is 11.3 Å². The molecule has 0 unspecified atom stereocenters. The first-order chi connectivity index (χ1) is 37.6. The van der Waals surface area contributed by atoms with Crippen molar-refractivity contribution in [3.63, 3.8) is 0 Å². The summed E-state index contributed by atoms with van der Waals surface area (Å²) in [5.74, 6) is -3.37. The van der Waals surface area contributed by atoms with Gasteiger partial charge in [-0.25, -0.2) is 9.37 Å². The Balaban J connectivity index is 0.784. The fraction of sp³-hybridized carbons (Fsp3) is 0.466. The molecule has 0 spiro atoms. The van der Waals surface area contributed by atoms with E-state index in [0.717, 1.165) is 59.4 Å². The molecule has 420 valence electrons. The highest BCUT2D eigenvalue weighted by Crippen LogP contribution is 2.41. The molecule has 79 heavy (non-hydrogen) atoms. The monoisotopic (exact) mass is 1100 g/mol. The minimum atomic E-state index is -2.02. The highest BCUT2D eigenvalue weighted by molar-refractivity contribution is 7.13. The minimum absolute atomic E-state index is 0.0413. The van der Waals surface area contributed by atoms with Gasteiger partial charge in [0.1, 0.15) is 17.8 Å². The van der Waals surface area contributed by atoms with Crippen LogP contribution < -0.4 is 26.6 Å². The van der Waals surface area contributed by atoms with Crippen LogP contribution in [-0.4, -0.2) is 129 Å². The molecule has 7 N–H and O–H groups in total. The van der Waals surface area contributed by atoms with E-state index in [2.05, 4.69) is 36.7 Å². The maximum Gasteiger partial charge on any atom is 0.273 e. The predicted octanol–water partition coefficient (Wildman–Crippen LogP) is 6.64. The second-order valence-electron chi connectivity index (χ2n) is 22.1. The first-order valence-electron chi connectivity index (χ1n) is 26.9. The number of halogens is 1. The lowest BCUT2D eigenvalue weighted by atomic mass is 9.85. The van der Waals surface area contributed by atoms with Gasteiger partial charge in [-0.05, 0) is 97.4 Å². The molecule has 0 bridgehead atoms. The summed E-state index contributed by atoms with van der Waals surface area (Å²) < 4.78 is 20.2. The van der Waals surface area contributed by atoms with Gasteiger partial charge in [0.15, 0.2) is 17.1 Å². The third-order valence-corrected chi connectivity index (χ3v) is 15.8. The second kappa shape index (κ2) is 24.7. The average Bonchev–Trinajstić information content (AvgIpc) is 4.09. The van der Waals surface area contributed by atoms with Crippen molar-refractivity contribution in [2.45, 2.75) is 134 Å². The number of alkyl halides is 1. The number of aromatic nitrogens is 2. The summed E-state index contributed by atoms with van der Waals surface area (Å²) in [5.41, 5.74) is 4.34. The van der Waals surface area contributed by atoms with E-state index in [0.29, 0.717) is 42.6 Å². The number of β-amino-alcohol motifs (C(OH)–C–C–N with tert-alkyl or cyclic N) is 1. The lowest BCUT2D eigenvalue weighted by Crippen LogP contribution is -2.59. The number of carbonyl (C=O) groups is 7. The highest BCUT2D eigenvalue weighted by atomic mass is 32.1. The maximum atomic E-state index is 14.8. The number of likely N-dealkylation sites (tertiary alicyclic amines) is 1. The number of aliphatic hydroxyl groups excluding tert-OH is 1. The van der Waals surface area contributed by atoms with E-state index in [4.69, 9.17) is 4.52 Å². The molecule has 2 fully saturated rings. The van der Waals surface area contributed by atoms with Gasteiger partial charge in [0, 0.05) is 57.3 Å². The van der Waals surface area contributed by atoms with Crippen molar-refractivity contribution in [1.29, 1.82) is 0 Å². The number of aryl methyl sites for hydroxylation is 2. The number of phenolic OH excluding ortho intramolecular Hbond substituents is 1. The smallest absolute Gasteiger partial charge is 0.273 e. The average molecular weight is 1100 g/mol. The number of carbonyl (C=O) groups excluding carboxylic acids is 7. The summed E-state index contributed by atoms with van der Waals surface area (Å²) in [5, 5.41) is 39.7. The Labute approximate surface area is 462 Å². The SMILES string of the molecule is Cc1ncsc1-c1ccc([C@H](CC(=O)NCCCCCCCNC(=O)c2ccc3c(c2)[C@H](NC(=O)c2cc(-c4ccc(C(=O)N(C)C)c(O)c4)on2)CC3)NC(=O)[C@@H]2C[C@@H](O)CN2C(=O)[C@@H](NC(=O)C2(F)CC2)C(C)(C)C)cc1. The van der Waals surface area contributed by atoms with E-state index >= 15 is 0 Å². The van der Waals surface area contributed by atoms with Crippen LogP contribution in [0.4, 0.5) is 4.39 Å². The molecule has 3 aliphatic rings. The molecular weight excluding hydrogens is 1030 g/mol. The van der Waals surface area contributed by atoms with Gasteiger partial charge in [0.2, 0.25) is 17.7 Å². The molecule has 2 aliphatic carbocycles. The first kappa shape index (κ1) is 57.6. The molecule has 5 aromatic rings. The van der Waals surface area contributed by atoms with Crippen molar-refractivity contribution >= 4 is 52.7 Å². The van der Waals surface area contributed by atoms with E-state index in [1.165, 1.54) is 39.3 Å². The third kappa shape index (κ3) is 14.0. The predicted molar refractivity (Wildman–Crippen MR) is 293 cm³/mol. The molecular formula is C58H70FN9O10S. The number of nitrogens with one attached hydrogen (secondary N) is 5. The molecule has 3 aromatic carbocycles. The van der Waals surface area contributed by atoms with Crippen molar-refractivity contribution < 1.29 is 52.7 Å². The standard InChI is InChI=1S/C58H70FN9O10S/c1-33-49(79-32-62-33)36-15-13-35(14-16-36)43(64-53(74)45-28-39(69)31-68(45)55(76)50(57(2,3)4)65-56(77)58(59)22-23-58)30-48(71)60-24-10-8-7-9-11-25-61-51(72)38-17-12-34-19-21-42(41(34)26-38)63-52(73)44-29-47(78-66-44)37-18-20-40(46(70)27-37)54(75)67(5)6/h12-18,20,26-27,29,32,39,42-43,45,50,69-70H,7-11,19,21-25,28,30-31H2,1-6H3,(H,60,71)(H,61,72)(H,63,73)(H,64,74)(H,65,77)/t39-,42-,43+,45+,50-/m1/s1. The molecule has 8 rings (SSSR count). The summed E-state index contributed by atoms with van der Waals surface area (Å²) in [6.07, 6.45) is 4.30.